The molecule has 0 bridgehead atoms. The highest BCUT2D eigenvalue weighted by molar-refractivity contribution is 5.76. The molecular weight excluding hydrogens is 222 g/mol. The van der Waals surface area contributed by atoms with E-state index in [1.54, 1.807) is 18.0 Å². The van der Waals surface area contributed by atoms with E-state index in [9.17, 15) is 9.59 Å². The number of hydrogen-bond donors (Lipinski definition) is 0. The Morgan fingerprint density at radius 3 is 2.76 bits per heavy atom. The van der Waals surface area contributed by atoms with Crippen LogP contribution < -0.4 is 5.56 Å². The summed E-state index contributed by atoms with van der Waals surface area (Å²) < 4.78 is 6.61. The minimum Gasteiger partial charge on any atom is -0.378 e. The molecule has 2 heterocycles. The van der Waals surface area contributed by atoms with Gasteiger partial charge in [-0.3, -0.25) is 14.6 Å². The summed E-state index contributed by atoms with van der Waals surface area (Å²) in [5.41, 5.74) is 0.450. The normalized spacial score (nSPS) is 15.9. The van der Waals surface area contributed by atoms with E-state index in [1.807, 2.05) is 0 Å². The van der Waals surface area contributed by atoms with Gasteiger partial charge in [-0.25, -0.2) is 0 Å². The SMILES string of the molecule is Cc1cncc(=O)n1CC(=O)N1CCOCC1. The van der Waals surface area contributed by atoms with Crippen LogP contribution in [0.3, 0.4) is 0 Å². The average molecular weight is 237 g/mol. The second kappa shape index (κ2) is 5.09. The molecule has 17 heavy (non-hydrogen) atoms. The third-order valence-electron chi connectivity index (χ3n) is 2.80. The first-order chi connectivity index (χ1) is 8.18. The highest BCUT2D eigenvalue weighted by Gasteiger charge is 2.17. The Labute approximate surface area is 98.8 Å². The topological polar surface area (TPSA) is 64.4 Å². The van der Waals surface area contributed by atoms with Crippen LogP contribution in [-0.2, 0) is 16.1 Å². The molecule has 0 N–H and O–H groups in total. The number of carbonyl (C=O) groups is 1. The molecule has 0 atom stereocenters. The molecule has 0 spiro atoms. The van der Waals surface area contributed by atoms with Gasteiger partial charge in [-0.15, -0.1) is 0 Å². The van der Waals surface area contributed by atoms with Crippen molar-refractivity contribution in [3.63, 3.8) is 0 Å². The van der Waals surface area contributed by atoms with E-state index in [0.29, 0.717) is 32.0 Å². The molecule has 1 aliphatic rings. The molecule has 1 saturated heterocycles. The number of aryl methyl sites for hydroxylation is 1. The van der Waals surface area contributed by atoms with E-state index in [0.717, 1.165) is 0 Å². The van der Waals surface area contributed by atoms with Crippen molar-refractivity contribution in [3.05, 3.63) is 28.4 Å². The molecule has 0 unspecified atom stereocenters. The molecule has 0 radical (unpaired) electrons. The molecule has 1 amide bonds. The first kappa shape index (κ1) is 11.8. The summed E-state index contributed by atoms with van der Waals surface area (Å²) in [6.45, 7) is 4.16. The van der Waals surface area contributed by atoms with E-state index in [-0.39, 0.29) is 18.0 Å². The predicted octanol–water partition coefficient (Wildman–Crippen LogP) is -0.589. The summed E-state index contributed by atoms with van der Waals surface area (Å²) in [5.74, 6) is -0.0512. The predicted molar refractivity (Wildman–Crippen MR) is 60.6 cm³/mol. The van der Waals surface area contributed by atoms with Crippen molar-refractivity contribution in [2.75, 3.05) is 26.3 Å². The van der Waals surface area contributed by atoms with Crippen LogP contribution in [-0.4, -0.2) is 46.7 Å². The molecule has 1 aromatic rings. The number of amides is 1. The van der Waals surface area contributed by atoms with Crippen molar-refractivity contribution in [2.24, 2.45) is 0 Å². The summed E-state index contributed by atoms with van der Waals surface area (Å²) in [5, 5.41) is 0. The number of nitrogens with zero attached hydrogens (tertiary/aromatic N) is 3. The lowest BCUT2D eigenvalue weighted by Crippen LogP contribution is -2.43. The van der Waals surface area contributed by atoms with Crippen LogP contribution in [0.15, 0.2) is 17.2 Å². The third-order valence-corrected chi connectivity index (χ3v) is 2.80. The first-order valence-electron chi connectivity index (χ1n) is 5.55. The second-order valence-electron chi connectivity index (χ2n) is 3.97. The maximum absolute atomic E-state index is 12.0. The molecule has 92 valence electrons. The Hall–Kier alpha value is -1.69. The minimum atomic E-state index is -0.244. The molecule has 6 heteroatoms. The molecule has 0 saturated carbocycles. The maximum atomic E-state index is 12.0. The van der Waals surface area contributed by atoms with Gasteiger partial charge in [0.25, 0.3) is 5.56 Å². The lowest BCUT2D eigenvalue weighted by Gasteiger charge is -2.27. The first-order valence-corrected chi connectivity index (χ1v) is 5.55. The molecule has 0 aromatic carbocycles. The maximum Gasteiger partial charge on any atom is 0.269 e. The fourth-order valence-electron chi connectivity index (χ4n) is 1.77. The lowest BCUT2D eigenvalue weighted by molar-refractivity contribution is -0.136. The van der Waals surface area contributed by atoms with Crippen LogP contribution >= 0.6 is 0 Å². The van der Waals surface area contributed by atoms with E-state index < -0.39 is 0 Å². The number of aromatic nitrogens is 2. The monoisotopic (exact) mass is 237 g/mol. The minimum absolute atomic E-state index is 0.0512. The second-order valence-corrected chi connectivity index (χ2v) is 3.97. The number of carbonyl (C=O) groups excluding carboxylic acids is 1. The van der Waals surface area contributed by atoms with Gasteiger partial charge in [-0.1, -0.05) is 0 Å². The van der Waals surface area contributed by atoms with Gasteiger partial charge in [0.15, 0.2) is 0 Å². The number of ether oxygens (including phenoxy) is 1. The Balaban J connectivity index is 2.10. The van der Waals surface area contributed by atoms with Gasteiger partial charge in [0.05, 0.1) is 19.4 Å². The van der Waals surface area contributed by atoms with Crippen LogP contribution in [0.5, 0.6) is 0 Å². The fraction of sp³-hybridized carbons (Fsp3) is 0.545. The summed E-state index contributed by atoms with van der Waals surface area (Å²) in [6, 6.07) is 0. The molecule has 2 rings (SSSR count). The Morgan fingerprint density at radius 1 is 1.41 bits per heavy atom. The molecule has 1 fully saturated rings. The molecular formula is C11H15N3O3. The van der Waals surface area contributed by atoms with Crippen molar-refractivity contribution in [1.82, 2.24) is 14.5 Å². The van der Waals surface area contributed by atoms with Crippen molar-refractivity contribution in [3.8, 4) is 0 Å². The summed E-state index contributed by atoms with van der Waals surface area (Å²) in [6.07, 6.45) is 2.80. The van der Waals surface area contributed by atoms with Crippen molar-refractivity contribution < 1.29 is 9.53 Å². The van der Waals surface area contributed by atoms with Crippen LogP contribution in [0.4, 0.5) is 0 Å². The average Bonchev–Trinajstić information content (AvgIpc) is 2.35. The van der Waals surface area contributed by atoms with E-state index >= 15 is 0 Å². The van der Waals surface area contributed by atoms with Gasteiger partial charge in [-0.2, -0.15) is 0 Å². The Bertz CT molecular complexity index is 463. The highest BCUT2D eigenvalue weighted by Crippen LogP contribution is 2.00. The Kier molecular flexibility index (Phi) is 3.53. The Morgan fingerprint density at radius 2 is 2.12 bits per heavy atom. The van der Waals surface area contributed by atoms with Crippen LogP contribution in [0, 0.1) is 6.92 Å². The van der Waals surface area contributed by atoms with Gasteiger partial charge in [0.2, 0.25) is 5.91 Å². The van der Waals surface area contributed by atoms with E-state index in [2.05, 4.69) is 4.98 Å². The van der Waals surface area contributed by atoms with Crippen molar-refractivity contribution in [1.29, 1.82) is 0 Å². The number of rotatable bonds is 2. The summed E-state index contributed by atoms with van der Waals surface area (Å²) in [4.78, 5) is 29.0. The van der Waals surface area contributed by atoms with E-state index in [4.69, 9.17) is 4.74 Å². The van der Waals surface area contributed by atoms with Crippen LogP contribution in [0.2, 0.25) is 0 Å². The summed E-state index contributed by atoms with van der Waals surface area (Å²) >= 11 is 0. The largest absolute Gasteiger partial charge is 0.378 e. The van der Waals surface area contributed by atoms with Gasteiger partial charge in [0.1, 0.15) is 6.54 Å². The molecule has 1 aliphatic heterocycles. The van der Waals surface area contributed by atoms with E-state index in [1.165, 1.54) is 10.8 Å². The zero-order valence-electron chi connectivity index (χ0n) is 9.76. The lowest BCUT2D eigenvalue weighted by atomic mass is 10.3. The smallest absolute Gasteiger partial charge is 0.269 e. The van der Waals surface area contributed by atoms with Crippen molar-refractivity contribution >= 4 is 5.91 Å². The molecule has 6 nitrogen and oxygen atoms in total. The van der Waals surface area contributed by atoms with Gasteiger partial charge in [0, 0.05) is 25.0 Å². The standard InChI is InChI=1S/C11H15N3O3/c1-9-6-12-7-10(15)14(9)8-11(16)13-2-4-17-5-3-13/h6-7H,2-5,8H2,1H3. The van der Waals surface area contributed by atoms with Crippen molar-refractivity contribution in [2.45, 2.75) is 13.5 Å². The van der Waals surface area contributed by atoms with Gasteiger partial charge < -0.3 is 14.2 Å². The zero-order chi connectivity index (χ0) is 12.3. The van der Waals surface area contributed by atoms with Gasteiger partial charge in [-0.05, 0) is 6.92 Å². The summed E-state index contributed by atoms with van der Waals surface area (Å²) in [7, 11) is 0. The third kappa shape index (κ3) is 2.71. The highest BCUT2D eigenvalue weighted by atomic mass is 16.5. The van der Waals surface area contributed by atoms with Crippen LogP contribution in [0.25, 0.3) is 0 Å². The van der Waals surface area contributed by atoms with Crippen LogP contribution in [0.1, 0.15) is 5.69 Å². The fourth-order valence-corrected chi connectivity index (χ4v) is 1.77. The van der Waals surface area contributed by atoms with Gasteiger partial charge >= 0.3 is 0 Å². The quantitative estimate of drug-likeness (QED) is 0.689. The molecule has 1 aromatic heterocycles. The zero-order valence-corrected chi connectivity index (χ0v) is 9.76. The number of morpholine rings is 1. The molecule has 0 aliphatic carbocycles. The number of hydrogen-bond acceptors (Lipinski definition) is 4.